The lowest BCUT2D eigenvalue weighted by Crippen LogP contribution is -2.04. The van der Waals surface area contributed by atoms with Gasteiger partial charge in [-0.2, -0.15) is 0 Å². The number of fused-ring (bicyclic) bond motifs is 3. The molecule has 0 amide bonds. The lowest BCUT2D eigenvalue weighted by molar-refractivity contribution is 0.697. The maximum atomic E-state index is 6.16. The molecular weight excluding hydrogens is 286 g/mol. The molecule has 0 unspecified atom stereocenters. The zero-order valence-electron chi connectivity index (χ0n) is 13.5. The third-order valence-corrected chi connectivity index (χ3v) is 4.03. The second kappa shape index (κ2) is 6.79. The molecule has 0 atom stereocenters. The first-order valence-corrected chi connectivity index (χ1v) is 8.14. The van der Waals surface area contributed by atoms with Gasteiger partial charge in [-0.05, 0) is 12.5 Å². The van der Waals surface area contributed by atoms with Crippen LogP contribution in [0.4, 0.5) is 5.82 Å². The molecule has 1 aromatic carbocycles. The normalized spacial score (nSPS) is 11.9. The molecule has 23 heavy (non-hydrogen) atoms. The molecule has 2 heterocycles. The second-order valence-corrected chi connectivity index (χ2v) is 5.66. The van der Waals surface area contributed by atoms with Crippen molar-refractivity contribution in [2.75, 3.05) is 12.3 Å². The Balaban J connectivity index is 2.25. The molecule has 0 bridgehead atoms. The summed E-state index contributed by atoms with van der Waals surface area (Å²) in [6, 6.07) is 8.08. The topological polar surface area (TPSA) is 82.8 Å². The molecular formula is C18H23N5. The molecule has 0 radical (unpaired) electrons. The number of pyridine rings is 1. The molecule has 0 fully saturated rings. The summed E-state index contributed by atoms with van der Waals surface area (Å²) in [5.74, 6) is 1.56. The highest BCUT2D eigenvalue weighted by Crippen LogP contribution is 2.29. The molecule has 3 rings (SSSR count). The van der Waals surface area contributed by atoms with Crippen LogP contribution in [0, 0.1) is 0 Å². The number of benzene rings is 1. The van der Waals surface area contributed by atoms with Gasteiger partial charge in [0.1, 0.15) is 11.3 Å². The van der Waals surface area contributed by atoms with Crippen molar-refractivity contribution in [1.29, 1.82) is 0 Å². The number of nitrogens with zero attached hydrogens (tertiary/aromatic N) is 3. The van der Waals surface area contributed by atoms with Crippen LogP contribution in [-0.2, 0) is 13.0 Å². The third kappa shape index (κ3) is 2.92. The van der Waals surface area contributed by atoms with E-state index in [0.717, 1.165) is 53.6 Å². The van der Waals surface area contributed by atoms with Crippen LogP contribution < -0.4 is 11.5 Å². The van der Waals surface area contributed by atoms with Gasteiger partial charge in [0, 0.05) is 24.9 Å². The van der Waals surface area contributed by atoms with Gasteiger partial charge in [0.2, 0.25) is 0 Å². The second-order valence-electron chi connectivity index (χ2n) is 5.66. The van der Waals surface area contributed by atoms with E-state index in [2.05, 4.69) is 28.6 Å². The SMILES string of the molecule is CCCCc1nc2c(N)nc3ccccc3c2n1C/C=C/CN. The number of nitrogens with two attached hydrogens (primary N) is 2. The van der Waals surface area contributed by atoms with E-state index in [-0.39, 0.29) is 0 Å². The van der Waals surface area contributed by atoms with E-state index >= 15 is 0 Å². The van der Waals surface area contributed by atoms with Crippen LogP contribution in [0.25, 0.3) is 21.9 Å². The van der Waals surface area contributed by atoms with Crippen molar-refractivity contribution in [2.45, 2.75) is 32.7 Å². The van der Waals surface area contributed by atoms with Gasteiger partial charge in [-0.15, -0.1) is 0 Å². The maximum Gasteiger partial charge on any atom is 0.152 e. The molecule has 0 spiro atoms. The first kappa shape index (κ1) is 15.5. The van der Waals surface area contributed by atoms with E-state index in [0.29, 0.717) is 12.4 Å². The summed E-state index contributed by atoms with van der Waals surface area (Å²) in [7, 11) is 0. The van der Waals surface area contributed by atoms with E-state index in [9.17, 15) is 0 Å². The number of rotatable bonds is 6. The molecule has 120 valence electrons. The Morgan fingerprint density at radius 1 is 1.17 bits per heavy atom. The molecule has 0 saturated heterocycles. The summed E-state index contributed by atoms with van der Waals surface area (Å²) >= 11 is 0. The minimum atomic E-state index is 0.498. The van der Waals surface area contributed by atoms with Crippen molar-refractivity contribution >= 4 is 27.8 Å². The van der Waals surface area contributed by atoms with Crippen LogP contribution in [-0.4, -0.2) is 21.1 Å². The highest BCUT2D eigenvalue weighted by atomic mass is 15.1. The van der Waals surface area contributed by atoms with Gasteiger partial charge in [0.05, 0.1) is 11.0 Å². The van der Waals surface area contributed by atoms with Crippen LogP contribution >= 0.6 is 0 Å². The molecule has 0 saturated carbocycles. The number of allylic oxidation sites excluding steroid dienone is 1. The zero-order chi connectivity index (χ0) is 16.2. The number of aryl methyl sites for hydroxylation is 1. The summed E-state index contributed by atoms with van der Waals surface area (Å²) in [6.07, 6.45) is 7.24. The first-order valence-electron chi connectivity index (χ1n) is 8.14. The van der Waals surface area contributed by atoms with Crippen LogP contribution in [0.5, 0.6) is 0 Å². The fourth-order valence-corrected chi connectivity index (χ4v) is 2.90. The van der Waals surface area contributed by atoms with Crippen LogP contribution in [0.2, 0.25) is 0 Å². The van der Waals surface area contributed by atoms with Crippen LogP contribution in [0.3, 0.4) is 0 Å². The summed E-state index contributed by atoms with van der Waals surface area (Å²) in [5.41, 5.74) is 14.5. The van der Waals surface area contributed by atoms with Crippen LogP contribution in [0.15, 0.2) is 36.4 Å². The lowest BCUT2D eigenvalue weighted by atomic mass is 10.2. The highest BCUT2D eigenvalue weighted by molar-refractivity contribution is 6.06. The fourth-order valence-electron chi connectivity index (χ4n) is 2.90. The Morgan fingerprint density at radius 2 is 2.00 bits per heavy atom. The predicted molar refractivity (Wildman–Crippen MR) is 96.3 cm³/mol. The van der Waals surface area contributed by atoms with Gasteiger partial charge in [-0.25, -0.2) is 9.97 Å². The van der Waals surface area contributed by atoms with Crippen molar-refractivity contribution in [3.05, 3.63) is 42.2 Å². The van der Waals surface area contributed by atoms with Crippen molar-refractivity contribution in [3.63, 3.8) is 0 Å². The van der Waals surface area contributed by atoms with Crippen LogP contribution in [0.1, 0.15) is 25.6 Å². The number of nitrogen functional groups attached to an aromatic ring is 1. The average Bonchev–Trinajstić information content (AvgIpc) is 2.93. The monoisotopic (exact) mass is 309 g/mol. The molecule has 5 heteroatoms. The molecule has 0 aliphatic heterocycles. The summed E-state index contributed by atoms with van der Waals surface area (Å²) < 4.78 is 2.25. The van der Waals surface area contributed by atoms with Crippen molar-refractivity contribution in [1.82, 2.24) is 14.5 Å². The molecule has 5 nitrogen and oxygen atoms in total. The number of anilines is 1. The quantitative estimate of drug-likeness (QED) is 0.686. The molecule has 0 aliphatic carbocycles. The number of imidazole rings is 1. The minimum Gasteiger partial charge on any atom is -0.382 e. The fraction of sp³-hybridized carbons (Fsp3) is 0.333. The van der Waals surface area contributed by atoms with Crippen molar-refractivity contribution in [2.24, 2.45) is 5.73 Å². The van der Waals surface area contributed by atoms with E-state index in [1.165, 1.54) is 0 Å². The standard InChI is InChI=1S/C18H23N5/c1-2-3-10-15-22-16-17(23(15)12-7-6-11-19)13-8-4-5-9-14(13)21-18(16)20/h4-9H,2-3,10-12,19H2,1H3,(H2,20,21)/b7-6+. The highest BCUT2D eigenvalue weighted by Gasteiger charge is 2.16. The van der Waals surface area contributed by atoms with Gasteiger partial charge < -0.3 is 16.0 Å². The Morgan fingerprint density at radius 3 is 2.78 bits per heavy atom. The average molecular weight is 309 g/mol. The maximum absolute atomic E-state index is 6.16. The summed E-state index contributed by atoms with van der Waals surface area (Å²) in [5, 5.41) is 1.09. The Bertz CT molecular complexity index is 847. The van der Waals surface area contributed by atoms with Gasteiger partial charge in [0.15, 0.2) is 5.82 Å². The molecule has 2 aromatic heterocycles. The van der Waals surface area contributed by atoms with Gasteiger partial charge in [0.25, 0.3) is 0 Å². The Labute approximate surface area is 136 Å². The molecule has 0 aliphatic rings. The van der Waals surface area contributed by atoms with Gasteiger partial charge in [-0.1, -0.05) is 43.7 Å². The first-order chi connectivity index (χ1) is 11.3. The Hall–Kier alpha value is -2.40. The number of aromatic nitrogens is 3. The lowest BCUT2D eigenvalue weighted by Gasteiger charge is -2.08. The minimum absolute atomic E-state index is 0.498. The van der Waals surface area contributed by atoms with E-state index in [1.807, 2.05) is 24.3 Å². The smallest absolute Gasteiger partial charge is 0.152 e. The van der Waals surface area contributed by atoms with E-state index in [4.69, 9.17) is 16.5 Å². The van der Waals surface area contributed by atoms with Gasteiger partial charge in [-0.3, -0.25) is 0 Å². The number of hydrogen-bond donors (Lipinski definition) is 2. The van der Waals surface area contributed by atoms with E-state index in [1.54, 1.807) is 0 Å². The Kier molecular flexibility index (Phi) is 4.57. The zero-order valence-corrected chi connectivity index (χ0v) is 13.5. The molecule has 3 aromatic rings. The van der Waals surface area contributed by atoms with Crippen molar-refractivity contribution in [3.8, 4) is 0 Å². The number of para-hydroxylation sites is 1. The third-order valence-electron chi connectivity index (χ3n) is 4.03. The van der Waals surface area contributed by atoms with Crippen molar-refractivity contribution < 1.29 is 0 Å². The predicted octanol–water partition coefficient (Wildman–Crippen LogP) is 3.02. The van der Waals surface area contributed by atoms with Gasteiger partial charge >= 0.3 is 0 Å². The molecule has 4 N–H and O–H groups in total. The van der Waals surface area contributed by atoms with E-state index < -0.39 is 0 Å². The summed E-state index contributed by atoms with van der Waals surface area (Å²) in [4.78, 5) is 9.29. The number of unbranched alkanes of at least 4 members (excludes halogenated alkanes) is 1. The largest absolute Gasteiger partial charge is 0.382 e. The number of hydrogen-bond acceptors (Lipinski definition) is 4. The summed E-state index contributed by atoms with van der Waals surface area (Å²) in [6.45, 7) is 3.48.